The van der Waals surface area contributed by atoms with Gasteiger partial charge in [0.25, 0.3) is 11.6 Å². The fourth-order valence-electron chi connectivity index (χ4n) is 2.35. The Morgan fingerprint density at radius 2 is 1.96 bits per heavy atom. The van der Waals surface area contributed by atoms with Crippen LogP contribution in [0.25, 0.3) is 6.08 Å². The maximum absolute atomic E-state index is 12.3. The molecule has 0 aliphatic carbocycles. The molecular weight excluding hydrogens is 330 g/mol. The largest absolute Gasteiger partial charge is 0.321 e. The number of nitriles is 1. The molecule has 1 N–H and O–H groups in total. The van der Waals surface area contributed by atoms with Crippen LogP contribution in [-0.2, 0) is 4.79 Å². The van der Waals surface area contributed by atoms with Crippen LogP contribution >= 0.6 is 0 Å². The first-order valence-corrected chi connectivity index (χ1v) is 7.83. The summed E-state index contributed by atoms with van der Waals surface area (Å²) in [6.07, 6.45) is 4.26. The van der Waals surface area contributed by atoms with Crippen LogP contribution in [-0.4, -0.2) is 10.8 Å². The number of carbonyl (C=O) groups is 1. The van der Waals surface area contributed by atoms with Crippen molar-refractivity contribution in [3.8, 4) is 6.07 Å². The summed E-state index contributed by atoms with van der Waals surface area (Å²) in [5, 5.41) is 22.9. The van der Waals surface area contributed by atoms with Gasteiger partial charge in [0.1, 0.15) is 11.6 Å². The van der Waals surface area contributed by atoms with Crippen LogP contribution in [0.15, 0.2) is 60.2 Å². The van der Waals surface area contributed by atoms with Gasteiger partial charge >= 0.3 is 0 Å². The lowest BCUT2D eigenvalue weighted by Crippen LogP contribution is -2.14. The fourth-order valence-corrected chi connectivity index (χ4v) is 2.35. The number of nitro benzene ring substituents is 1. The predicted octanol–water partition coefficient (Wildman–Crippen LogP) is 4.31. The highest BCUT2D eigenvalue weighted by Crippen LogP contribution is 2.19. The molecule has 0 unspecified atom stereocenters. The summed E-state index contributed by atoms with van der Waals surface area (Å²) in [6.45, 7) is 3.82. The minimum atomic E-state index is -0.535. The van der Waals surface area contributed by atoms with E-state index in [0.29, 0.717) is 11.3 Å². The van der Waals surface area contributed by atoms with E-state index in [2.05, 4.69) is 5.32 Å². The summed E-state index contributed by atoms with van der Waals surface area (Å²) in [5.74, 6) is -0.535. The second-order valence-electron chi connectivity index (χ2n) is 5.64. The first kappa shape index (κ1) is 18.6. The van der Waals surface area contributed by atoms with Gasteiger partial charge in [-0.1, -0.05) is 35.9 Å². The predicted molar refractivity (Wildman–Crippen MR) is 100 cm³/mol. The number of carbonyl (C=O) groups excluding carboxylic acids is 1. The molecule has 0 aromatic heterocycles. The number of hydrogen-bond donors (Lipinski definition) is 1. The van der Waals surface area contributed by atoms with Crippen molar-refractivity contribution in [2.24, 2.45) is 0 Å². The maximum Gasteiger partial charge on any atom is 0.276 e. The van der Waals surface area contributed by atoms with E-state index in [1.165, 1.54) is 24.3 Å². The monoisotopic (exact) mass is 347 g/mol. The fraction of sp³-hybridized carbons (Fsp3) is 0.100. The van der Waals surface area contributed by atoms with Crippen LogP contribution < -0.4 is 5.32 Å². The Balaban J connectivity index is 2.19. The molecule has 130 valence electrons. The second kappa shape index (κ2) is 8.40. The zero-order chi connectivity index (χ0) is 19.1. The SMILES string of the molecule is Cc1ccc(NC(=O)/C(C#N)=C/C=C/c2ccccc2[N+](=O)[O-])c(C)c1. The molecule has 6 heteroatoms. The van der Waals surface area contributed by atoms with Gasteiger partial charge in [-0.3, -0.25) is 14.9 Å². The van der Waals surface area contributed by atoms with E-state index in [4.69, 9.17) is 0 Å². The van der Waals surface area contributed by atoms with Gasteiger partial charge in [-0.15, -0.1) is 0 Å². The Hall–Kier alpha value is -3.72. The first-order valence-electron chi connectivity index (χ1n) is 7.83. The lowest BCUT2D eigenvalue weighted by Gasteiger charge is -2.08. The zero-order valence-electron chi connectivity index (χ0n) is 14.4. The Morgan fingerprint density at radius 1 is 1.23 bits per heavy atom. The standard InChI is InChI=1S/C20H17N3O3/c1-14-10-11-18(15(2)12-14)22-20(24)17(13-21)8-5-7-16-6-3-4-9-19(16)23(25)26/h3-12H,1-2H3,(H,22,24)/b7-5+,17-8+. The number of hydrogen-bond acceptors (Lipinski definition) is 4. The van der Waals surface area contributed by atoms with Gasteiger partial charge in [-0.2, -0.15) is 5.26 Å². The molecule has 0 spiro atoms. The van der Waals surface area contributed by atoms with Crippen LogP contribution in [0.2, 0.25) is 0 Å². The van der Waals surface area contributed by atoms with Crippen LogP contribution in [0.1, 0.15) is 16.7 Å². The normalized spacial score (nSPS) is 11.2. The number of allylic oxidation sites excluding steroid dienone is 2. The molecule has 0 atom stereocenters. The third kappa shape index (κ3) is 4.65. The molecule has 0 saturated heterocycles. The zero-order valence-corrected chi connectivity index (χ0v) is 14.4. The van der Waals surface area contributed by atoms with E-state index in [0.717, 1.165) is 11.1 Å². The van der Waals surface area contributed by atoms with Gasteiger partial charge in [-0.05, 0) is 43.7 Å². The molecule has 0 fully saturated rings. The number of nitrogens with one attached hydrogen (secondary N) is 1. The third-order valence-corrected chi connectivity index (χ3v) is 3.67. The first-order chi connectivity index (χ1) is 12.4. The van der Waals surface area contributed by atoms with Gasteiger partial charge in [0.15, 0.2) is 0 Å². The molecule has 0 heterocycles. The second-order valence-corrected chi connectivity index (χ2v) is 5.64. The molecule has 2 aromatic rings. The van der Waals surface area contributed by atoms with Gasteiger partial charge in [0.2, 0.25) is 0 Å². The number of benzene rings is 2. The van der Waals surface area contributed by atoms with Crippen LogP contribution in [0.4, 0.5) is 11.4 Å². The summed E-state index contributed by atoms with van der Waals surface area (Å²) < 4.78 is 0. The van der Waals surface area contributed by atoms with Crippen molar-refractivity contribution in [3.05, 3.63) is 87.0 Å². The van der Waals surface area contributed by atoms with Crippen molar-refractivity contribution in [2.75, 3.05) is 5.32 Å². The van der Waals surface area contributed by atoms with Gasteiger partial charge in [0, 0.05) is 11.8 Å². The summed E-state index contributed by atoms with van der Waals surface area (Å²) in [5.41, 5.74) is 2.84. The van der Waals surface area contributed by atoms with E-state index < -0.39 is 10.8 Å². The lowest BCUT2D eigenvalue weighted by molar-refractivity contribution is -0.385. The smallest absolute Gasteiger partial charge is 0.276 e. The summed E-state index contributed by atoms with van der Waals surface area (Å²) in [6, 6.07) is 13.6. The molecule has 2 rings (SSSR count). The number of para-hydroxylation sites is 1. The molecule has 0 bridgehead atoms. The quantitative estimate of drug-likeness (QED) is 0.286. The Bertz CT molecular complexity index is 953. The van der Waals surface area contributed by atoms with E-state index in [1.807, 2.05) is 32.0 Å². The minimum absolute atomic E-state index is 0.0459. The number of rotatable bonds is 5. The molecule has 6 nitrogen and oxygen atoms in total. The van der Waals surface area contributed by atoms with E-state index in [9.17, 15) is 20.2 Å². The van der Waals surface area contributed by atoms with Crippen LogP contribution in [0, 0.1) is 35.3 Å². The third-order valence-electron chi connectivity index (χ3n) is 3.67. The van der Waals surface area contributed by atoms with Crippen molar-refractivity contribution in [2.45, 2.75) is 13.8 Å². The van der Waals surface area contributed by atoms with Crippen LogP contribution in [0.5, 0.6) is 0 Å². The summed E-state index contributed by atoms with van der Waals surface area (Å²) >= 11 is 0. The highest BCUT2D eigenvalue weighted by Gasteiger charge is 2.11. The van der Waals surface area contributed by atoms with Crippen molar-refractivity contribution >= 4 is 23.4 Å². The van der Waals surface area contributed by atoms with Gasteiger partial charge < -0.3 is 5.32 Å². The van der Waals surface area contributed by atoms with Gasteiger partial charge in [-0.25, -0.2) is 0 Å². The maximum atomic E-state index is 12.3. The Kier molecular flexibility index (Phi) is 6.01. The van der Waals surface area contributed by atoms with Crippen molar-refractivity contribution in [3.63, 3.8) is 0 Å². The van der Waals surface area contributed by atoms with Crippen molar-refractivity contribution in [1.29, 1.82) is 5.26 Å². The van der Waals surface area contributed by atoms with E-state index in [1.54, 1.807) is 24.3 Å². The van der Waals surface area contributed by atoms with Gasteiger partial charge in [0.05, 0.1) is 10.5 Å². The molecule has 0 saturated carbocycles. The van der Waals surface area contributed by atoms with E-state index >= 15 is 0 Å². The minimum Gasteiger partial charge on any atom is -0.321 e. The molecule has 2 aromatic carbocycles. The lowest BCUT2D eigenvalue weighted by atomic mass is 10.1. The van der Waals surface area contributed by atoms with Crippen LogP contribution in [0.3, 0.4) is 0 Å². The molecule has 0 radical (unpaired) electrons. The van der Waals surface area contributed by atoms with Crippen molar-refractivity contribution in [1.82, 2.24) is 0 Å². The molecule has 1 amide bonds. The Labute approximate surface area is 151 Å². The number of aryl methyl sites for hydroxylation is 2. The number of nitrogens with zero attached hydrogens (tertiary/aromatic N) is 2. The summed E-state index contributed by atoms with van der Waals surface area (Å²) in [4.78, 5) is 22.8. The number of amides is 1. The Morgan fingerprint density at radius 3 is 2.62 bits per heavy atom. The highest BCUT2D eigenvalue weighted by molar-refractivity contribution is 6.07. The highest BCUT2D eigenvalue weighted by atomic mass is 16.6. The van der Waals surface area contributed by atoms with Crippen molar-refractivity contribution < 1.29 is 9.72 Å². The molecular formula is C20H17N3O3. The topological polar surface area (TPSA) is 96.0 Å². The average molecular weight is 347 g/mol. The molecule has 0 aliphatic rings. The number of anilines is 1. The average Bonchev–Trinajstić information content (AvgIpc) is 2.61. The molecule has 0 aliphatic heterocycles. The van der Waals surface area contributed by atoms with E-state index in [-0.39, 0.29) is 11.3 Å². The number of nitro groups is 1. The molecule has 26 heavy (non-hydrogen) atoms. The summed E-state index contributed by atoms with van der Waals surface area (Å²) in [7, 11) is 0.